The lowest BCUT2D eigenvalue weighted by molar-refractivity contribution is -0.128. The van der Waals surface area contributed by atoms with Crippen LogP contribution in [-0.4, -0.2) is 101 Å². The first-order chi connectivity index (χ1) is 14.9. The Morgan fingerprint density at radius 1 is 1.06 bits per heavy atom. The number of carbonyl (C=O) groups excluding carboxylic acids is 1. The second kappa shape index (κ2) is 12.2. The van der Waals surface area contributed by atoms with Gasteiger partial charge >= 0.3 is 0 Å². The molecule has 1 aromatic carbocycles. The molecule has 0 atom stereocenters. The molecular formula is C22H37N5O4. The molecule has 0 aliphatic carbocycles. The molecule has 9 heteroatoms. The predicted octanol–water partition coefficient (Wildman–Crippen LogP) is 1.27. The van der Waals surface area contributed by atoms with Crippen molar-refractivity contribution in [3.63, 3.8) is 0 Å². The quantitative estimate of drug-likeness (QED) is 0.462. The van der Waals surface area contributed by atoms with E-state index in [0.717, 1.165) is 50.8 Å². The average Bonchev–Trinajstić information content (AvgIpc) is 2.78. The van der Waals surface area contributed by atoms with E-state index in [-0.39, 0.29) is 5.91 Å². The predicted molar refractivity (Wildman–Crippen MR) is 122 cm³/mol. The van der Waals surface area contributed by atoms with E-state index in [1.165, 1.54) is 0 Å². The maximum atomic E-state index is 11.8. The first-order valence-electron chi connectivity index (χ1n) is 10.7. The number of benzene rings is 1. The standard InChI is InChI=1S/C22H37N5O4/c1-7-23-22(24-9-8-20(28)25(2)3)27-12-10-26(11-13-27)16-17-14-18(29-4)21(31-6)19(15-17)30-5/h14-15H,7-13,16H2,1-6H3,(H,23,24). The van der Waals surface area contributed by atoms with Crippen molar-refractivity contribution in [3.05, 3.63) is 17.7 Å². The van der Waals surface area contributed by atoms with Gasteiger partial charge in [-0.3, -0.25) is 14.7 Å². The SMILES string of the molecule is CCNC(=NCCC(=O)N(C)C)N1CCN(Cc2cc(OC)c(OC)c(OC)c2)CC1. The third-order valence-electron chi connectivity index (χ3n) is 5.22. The van der Waals surface area contributed by atoms with Gasteiger partial charge in [0.2, 0.25) is 11.7 Å². The van der Waals surface area contributed by atoms with E-state index in [4.69, 9.17) is 14.2 Å². The molecule has 0 bridgehead atoms. The number of ether oxygens (including phenoxy) is 3. The van der Waals surface area contributed by atoms with Crippen molar-refractivity contribution in [1.29, 1.82) is 0 Å². The maximum Gasteiger partial charge on any atom is 0.223 e. The third kappa shape index (κ3) is 6.92. The number of hydrogen-bond acceptors (Lipinski definition) is 6. The highest BCUT2D eigenvalue weighted by Crippen LogP contribution is 2.38. The van der Waals surface area contributed by atoms with Crippen LogP contribution in [-0.2, 0) is 11.3 Å². The third-order valence-corrected chi connectivity index (χ3v) is 5.22. The number of amides is 1. The van der Waals surface area contributed by atoms with E-state index in [1.807, 2.05) is 12.1 Å². The normalized spacial score (nSPS) is 14.9. The van der Waals surface area contributed by atoms with Gasteiger partial charge in [0.25, 0.3) is 0 Å². The number of aliphatic imine (C=N–C) groups is 1. The van der Waals surface area contributed by atoms with Crippen LogP contribution in [0.25, 0.3) is 0 Å². The van der Waals surface area contributed by atoms with Crippen LogP contribution in [0.3, 0.4) is 0 Å². The van der Waals surface area contributed by atoms with Crippen LogP contribution in [0.5, 0.6) is 17.2 Å². The molecule has 0 saturated carbocycles. The molecule has 1 N–H and O–H groups in total. The Bertz CT molecular complexity index is 720. The van der Waals surface area contributed by atoms with Gasteiger partial charge in [-0.1, -0.05) is 0 Å². The Morgan fingerprint density at radius 3 is 2.16 bits per heavy atom. The van der Waals surface area contributed by atoms with Crippen molar-refractivity contribution in [2.45, 2.75) is 19.9 Å². The lowest BCUT2D eigenvalue weighted by Gasteiger charge is -2.36. The minimum Gasteiger partial charge on any atom is -0.493 e. The summed E-state index contributed by atoms with van der Waals surface area (Å²) in [4.78, 5) is 22.7. The van der Waals surface area contributed by atoms with E-state index in [9.17, 15) is 4.79 Å². The highest BCUT2D eigenvalue weighted by molar-refractivity contribution is 5.81. The summed E-state index contributed by atoms with van der Waals surface area (Å²) < 4.78 is 16.4. The lowest BCUT2D eigenvalue weighted by atomic mass is 10.1. The average molecular weight is 436 g/mol. The fourth-order valence-electron chi connectivity index (χ4n) is 3.51. The molecule has 9 nitrogen and oxygen atoms in total. The van der Waals surface area contributed by atoms with Crippen LogP contribution in [0.2, 0.25) is 0 Å². The van der Waals surface area contributed by atoms with Crippen molar-refractivity contribution >= 4 is 11.9 Å². The zero-order valence-electron chi connectivity index (χ0n) is 19.7. The van der Waals surface area contributed by atoms with Crippen molar-refractivity contribution in [2.24, 2.45) is 4.99 Å². The van der Waals surface area contributed by atoms with Gasteiger partial charge in [-0.25, -0.2) is 0 Å². The van der Waals surface area contributed by atoms with Crippen molar-refractivity contribution < 1.29 is 19.0 Å². The largest absolute Gasteiger partial charge is 0.493 e. The zero-order valence-corrected chi connectivity index (χ0v) is 19.7. The van der Waals surface area contributed by atoms with Crippen LogP contribution in [0.1, 0.15) is 18.9 Å². The van der Waals surface area contributed by atoms with Crippen LogP contribution in [0, 0.1) is 0 Å². The van der Waals surface area contributed by atoms with E-state index in [1.54, 1.807) is 40.3 Å². The van der Waals surface area contributed by atoms with E-state index < -0.39 is 0 Å². The highest BCUT2D eigenvalue weighted by atomic mass is 16.5. The molecule has 0 spiro atoms. The van der Waals surface area contributed by atoms with Gasteiger partial charge in [0.1, 0.15) is 0 Å². The Kier molecular flexibility index (Phi) is 9.71. The second-order valence-electron chi connectivity index (χ2n) is 7.57. The Labute approximate surface area is 185 Å². The molecule has 1 saturated heterocycles. The van der Waals surface area contributed by atoms with Gasteiger partial charge in [0.15, 0.2) is 17.5 Å². The fraction of sp³-hybridized carbons (Fsp3) is 0.636. The number of carbonyl (C=O) groups is 1. The van der Waals surface area contributed by atoms with Crippen molar-refractivity contribution in [1.82, 2.24) is 20.0 Å². The van der Waals surface area contributed by atoms with E-state index in [2.05, 4.69) is 27.0 Å². The Hall–Kier alpha value is -2.68. The topological polar surface area (TPSA) is 78.9 Å². The van der Waals surface area contributed by atoms with Crippen molar-refractivity contribution in [2.75, 3.05) is 74.7 Å². The summed E-state index contributed by atoms with van der Waals surface area (Å²) in [5, 5.41) is 3.35. The number of piperazine rings is 1. The first kappa shape index (κ1) is 24.6. The summed E-state index contributed by atoms with van der Waals surface area (Å²) in [6, 6.07) is 4.00. The number of rotatable bonds is 9. The van der Waals surface area contributed by atoms with Gasteiger partial charge in [-0.2, -0.15) is 0 Å². The summed E-state index contributed by atoms with van der Waals surface area (Å²) in [5.74, 6) is 2.92. The molecule has 1 heterocycles. The van der Waals surface area contributed by atoms with Gasteiger partial charge in [0, 0.05) is 59.8 Å². The molecule has 0 radical (unpaired) electrons. The fourth-order valence-corrected chi connectivity index (χ4v) is 3.51. The Balaban J connectivity index is 1.97. The minimum atomic E-state index is 0.0924. The maximum absolute atomic E-state index is 11.8. The van der Waals surface area contributed by atoms with Crippen LogP contribution in [0.15, 0.2) is 17.1 Å². The number of guanidine groups is 1. The number of hydrogen-bond donors (Lipinski definition) is 1. The van der Waals surface area contributed by atoms with Crippen LogP contribution in [0.4, 0.5) is 0 Å². The molecule has 31 heavy (non-hydrogen) atoms. The molecule has 0 aromatic heterocycles. The van der Waals surface area contributed by atoms with Gasteiger partial charge in [-0.15, -0.1) is 0 Å². The molecule has 1 aliphatic heterocycles. The van der Waals surface area contributed by atoms with Gasteiger partial charge in [-0.05, 0) is 24.6 Å². The molecule has 1 aromatic rings. The molecule has 2 rings (SSSR count). The monoisotopic (exact) mass is 435 g/mol. The molecule has 1 amide bonds. The van der Waals surface area contributed by atoms with Crippen molar-refractivity contribution in [3.8, 4) is 17.2 Å². The van der Waals surface area contributed by atoms with Crippen LogP contribution >= 0.6 is 0 Å². The number of nitrogens with zero attached hydrogens (tertiary/aromatic N) is 4. The molecule has 1 fully saturated rings. The first-order valence-corrected chi connectivity index (χ1v) is 10.7. The molecule has 174 valence electrons. The highest BCUT2D eigenvalue weighted by Gasteiger charge is 2.21. The van der Waals surface area contributed by atoms with E-state index in [0.29, 0.717) is 30.2 Å². The molecular weight excluding hydrogens is 398 g/mol. The number of nitrogens with one attached hydrogen (secondary N) is 1. The number of methoxy groups -OCH3 is 3. The lowest BCUT2D eigenvalue weighted by Crippen LogP contribution is -2.52. The minimum absolute atomic E-state index is 0.0924. The Morgan fingerprint density at radius 2 is 1.68 bits per heavy atom. The summed E-state index contributed by atoms with van der Waals surface area (Å²) >= 11 is 0. The summed E-state index contributed by atoms with van der Waals surface area (Å²) in [6.45, 7) is 7.72. The second-order valence-corrected chi connectivity index (χ2v) is 7.57. The zero-order chi connectivity index (χ0) is 22.8. The van der Waals surface area contributed by atoms with Gasteiger partial charge < -0.3 is 29.3 Å². The summed E-state index contributed by atoms with van der Waals surface area (Å²) in [6.07, 6.45) is 0.420. The molecule has 0 unspecified atom stereocenters. The van der Waals surface area contributed by atoms with Gasteiger partial charge in [0.05, 0.1) is 27.9 Å². The summed E-state index contributed by atoms with van der Waals surface area (Å²) in [7, 11) is 8.41. The summed E-state index contributed by atoms with van der Waals surface area (Å²) in [5.41, 5.74) is 1.12. The van der Waals surface area contributed by atoms with Crippen LogP contribution < -0.4 is 19.5 Å². The molecule has 1 aliphatic rings. The van der Waals surface area contributed by atoms with E-state index >= 15 is 0 Å². The smallest absolute Gasteiger partial charge is 0.223 e.